The Morgan fingerprint density at radius 3 is 2.00 bits per heavy atom. The molecule has 0 amide bonds. The van der Waals surface area contributed by atoms with Crippen molar-refractivity contribution >= 4 is 28.8 Å². The summed E-state index contributed by atoms with van der Waals surface area (Å²) in [5.41, 5.74) is 5.77. The van der Waals surface area contributed by atoms with Gasteiger partial charge in [-0.25, -0.2) is 0 Å². The van der Waals surface area contributed by atoms with Gasteiger partial charge in [0.1, 0.15) is 0 Å². The van der Waals surface area contributed by atoms with Gasteiger partial charge < -0.3 is 4.90 Å². The minimum atomic E-state index is 0.621. The van der Waals surface area contributed by atoms with E-state index in [0.29, 0.717) is 5.56 Å². The molecule has 3 nitrogen and oxygen atoms in total. The molecule has 2 heterocycles. The molecule has 0 spiro atoms. The Balaban J connectivity index is 1.79. The van der Waals surface area contributed by atoms with Crippen molar-refractivity contribution in [2.75, 3.05) is 4.90 Å². The first-order valence-electron chi connectivity index (χ1n) is 8.96. The molecule has 1 aliphatic rings. The monoisotopic (exact) mass is 377 g/mol. The van der Waals surface area contributed by atoms with Crippen LogP contribution in [0.15, 0.2) is 101 Å². The first-order valence-corrected chi connectivity index (χ1v) is 9.78. The highest BCUT2D eigenvalue weighted by atomic mass is 32.2. The number of hydrogen-bond donors (Lipinski definition) is 0. The highest BCUT2D eigenvalue weighted by molar-refractivity contribution is 7.99. The molecule has 4 aromatic rings. The standard InChI is InChI=1S/C24H15N3S/c25-15-17-13-14-26-16-19(17)18-7-1-2-8-20(18)27-21-9-3-5-11-23(21)28-24-12-6-4-10-22(24)27/h1-14,16H. The Bertz CT molecular complexity index is 1180. The molecule has 0 saturated carbocycles. The normalized spacial score (nSPS) is 12.0. The quantitative estimate of drug-likeness (QED) is 0.349. The van der Waals surface area contributed by atoms with Gasteiger partial charge in [0.05, 0.1) is 28.7 Å². The number of nitriles is 1. The van der Waals surface area contributed by atoms with Crippen molar-refractivity contribution in [1.82, 2.24) is 4.98 Å². The van der Waals surface area contributed by atoms with E-state index >= 15 is 0 Å². The van der Waals surface area contributed by atoms with Crippen molar-refractivity contribution in [3.05, 3.63) is 96.8 Å². The minimum Gasteiger partial charge on any atom is -0.308 e. The van der Waals surface area contributed by atoms with Crippen LogP contribution in [0.25, 0.3) is 11.1 Å². The first kappa shape index (κ1) is 16.6. The Morgan fingerprint density at radius 1 is 0.714 bits per heavy atom. The summed E-state index contributed by atoms with van der Waals surface area (Å²) in [4.78, 5) is 8.97. The molecule has 4 heteroatoms. The summed E-state index contributed by atoms with van der Waals surface area (Å²) in [5.74, 6) is 0. The van der Waals surface area contributed by atoms with Crippen molar-refractivity contribution in [3.63, 3.8) is 0 Å². The smallest absolute Gasteiger partial charge is 0.0999 e. The lowest BCUT2D eigenvalue weighted by atomic mass is 9.99. The molecule has 0 saturated heterocycles. The molecule has 132 valence electrons. The number of rotatable bonds is 2. The van der Waals surface area contributed by atoms with Gasteiger partial charge in [-0.1, -0.05) is 54.2 Å². The van der Waals surface area contributed by atoms with Gasteiger partial charge in [0.2, 0.25) is 0 Å². The number of hydrogen-bond acceptors (Lipinski definition) is 4. The molecule has 0 radical (unpaired) electrons. The predicted molar refractivity (Wildman–Crippen MR) is 113 cm³/mol. The second kappa shape index (κ2) is 6.88. The lowest BCUT2D eigenvalue weighted by Gasteiger charge is -2.34. The van der Waals surface area contributed by atoms with Crippen LogP contribution >= 0.6 is 11.8 Å². The van der Waals surface area contributed by atoms with Crippen molar-refractivity contribution in [3.8, 4) is 17.2 Å². The van der Waals surface area contributed by atoms with E-state index in [4.69, 9.17) is 0 Å². The molecule has 28 heavy (non-hydrogen) atoms. The molecule has 5 rings (SSSR count). The van der Waals surface area contributed by atoms with Crippen LogP contribution in [0.5, 0.6) is 0 Å². The average molecular weight is 377 g/mol. The summed E-state index contributed by atoms with van der Waals surface area (Å²) in [6.07, 6.45) is 3.43. The minimum absolute atomic E-state index is 0.621. The molecule has 0 bridgehead atoms. The zero-order valence-electron chi connectivity index (χ0n) is 14.9. The predicted octanol–water partition coefficient (Wildman–Crippen LogP) is 6.55. The Kier molecular flexibility index (Phi) is 4.08. The third kappa shape index (κ3) is 2.65. The fourth-order valence-corrected chi connectivity index (χ4v) is 4.63. The van der Waals surface area contributed by atoms with E-state index in [9.17, 15) is 5.26 Å². The lowest BCUT2D eigenvalue weighted by molar-refractivity contribution is 1.16. The van der Waals surface area contributed by atoms with E-state index in [1.165, 1.54) is 9.79 Å². The average Bonchev–Trinajstić information content (AvgIpc) is 2.77. The highest BCUT2D eigenvalue weighted by Gasteiger charge is 2.26. The van der Waals surface area contributed by atoms with Crippen LogP contribution in [-0.2, 0) is 0 Å². The number of anilines is 3. The maximum atomic E-state index is 9.60. The Morgan fingerprint density at radius 2 is 1.32 bits per heavy atom. The summed E-state index contributed by atoms with van der Waals surface area (Å²) in [7, 11) is 0. The molecular formula is C24H15N3S. The van der Waals surface area contributed by atoms with Crippen molar-refractivity contribution in [1.29, 1.82) is 5.26 Å². The van der Waals surface area contributed by atoms with Crippen LogP contribution in [-0.4, -0.2) is 4.98 Å². The molecule has 0 fully saturated rings. The van der Waals surface area contributed by atoms with Gasteiger partial charge in [0, 0.05) is 33.3 Å². The van der Waals surface area contributed by atoms with Gasteiger partial charge in [-0.3, -0.25) is 4.98 Å². The first-order chi connectivity index (χ1) is 13.9. The van der Waals surface area contributed by atoms with Crippen LogP contribution in [0.3, 0.4) is 0 Å². The summed E-state index contributed by atoms with van der Waals surface area (Å²) in [5, 5.41) is 9.60. The molecule has 1 aliphatic heterocycles. The SMILES string of the molecule is N#Cc1ccncc1-c1ccccc1N1c2ccccc2Sc2ccccc21. The second-order valence-corrected chi connectivity index (χ2v) is 7.51. The van der Waals surface area contributed by atoms with Crippen molar-refractivity contribution in [2.45, 2.75) is 9.79 Å². The van der Waals surface area contributed by atoms with Gasteiger partial charge in [0.25, 0.3) is 0 Å². The van der Waals surface area contributed by atoms with E-state index in [1.807, 2.05) is 12.1 Å². The van der Waals surface area contributed by atoms with E-state index < -0.39 is 0 Å². The van der Waals surface area contributed by atoms with Crippen LogP contribution < -0.4 is 4.90 Å². The van der Waals surface area contributed by atoms with Crippen LogP contribution in [0.2, 0.25) is 0 Å². The molecule has 0 aliphatic carbocycles. The summed E-state index contributed by atoms with van der Waals surface area (Å²) in [6, 6.07) is 29.1. The summed E-state index contributed by atoms with van der Waals surface area (Å²) < 4.78 is 0. The molecule has 1 aromatic heterocycles. The van der Waals surface area contributed by atoms with Crippen LogP contribution in [0.1, 0.15) is 5.56 Å². The third-order valence-corrected chi connectivity index (χ3v) is 5.94. The van der Waals surface area contributed by atoms with E-state index in [2.05, 4.69) is 76.6 Å². The topological polar surface area (TPSA) is 39.9 Å². The largest absolute Gasteiger partial charge is 0.308 e. The van der Waals surface area contributed by atoms with E-state index in [-0.39, 0.29) is 0 Å². The summed E-state index contributed by atoms with van der Waals surface area (Å²) in [6.45, 7) is 0. The number of nitrogens with zero attached hydrogens (tertiary/aromatic N) is 3. The van der Waals surface area contributed by atoms with Gasteiger partial charge in [0.15, 0.2) is 0 Å². The number of aromatic nitrogens is 1. The van der Waals surface area contributed by atoms with Gasteiger partial charge in [-0.05, 0) is 36.4 Å². The molecule has 3 aromatic carbocycles. The molecule has 0 atom stereocenters. The van der Waals surface area contributed by atoms with Crippen LogP contribution in [0.4, 0.5) is 17.1 Å². The third-order valence-electron chi connectivity index (χ3n) is 4.81. The van der Waals surface area contributed by atoms with Crippen LogP contribution in [0, 0.1) is 11.3 Å². The van der Waals surface area contributed by atoms with Gasteiger partial charge in [-0.2, -0.15) is 5.26 Å². The van der Waals surface area contributed by atoms with Crippen molar-refractivity contribution in [2.24, 2.45) is 0 Å². The fourth-order valence-electron chi connectivity index (χ4n) is 3.57. The molecule has 0 unspecified atom stereocenters. The number of benzene rings is 3. The molecule has 0 N–H and O–H groups in total. The Labute approximate surface area is 167 Å². The van der Waals surface area contributed by atoms with Gasteiger partial charge >= 0.3 is 0 Å². The van der Waals surface area contributed by atoms with Gasteiger partial charge in [-0.15, -0.1) is 0 Å². The number of para-hydroxylation sites is 3. The lowest BCUT2D eigenvalue weighted by Crippen LogP contribution is -2.15. The molecular weight excluding hydrogens is 362 g/mol. The van der Waals surface area contributed by atoms with E-state index in [0.717, 1.165) is 28.2 Å². The van der Waals surface area contributed by atoms with E-state index in [1.54, 1.807) is 30.2 Å². The van der Waals surface area contributed by atoms with Crippen molar-refractivity contribution < 1.29 is 0 Å². The highest BCUT2D eigenvalue weighted by Crippen LogP contribution is 2.52. The second-order valence-electron chi connectivity index (χ2n) is 6.42. The summed E-state index contributed by atoms with van der Waals surface area (Å²) >= 11 is 1.78. The zero-order valence-corrected chi connectivity index (χ0v) is 15.7. The maximum absolute atomic E-state index is 9.60. The maximum Gasteiger partial charge on any atom is 0.0999 e. The Hall–Kier alpha value is -3.55. The fraction of sp³-hybridized carbons (Fsp3) is 0. The number of pyridine rings is 1. The zero-order chi connectivity index (χ0) is 18.9. The number of fused-ring (bicyclic) bond motifs is 2.